The summed E-state index contributed by atoms with van der Waals surface area (Å²) in [7, 11) is 0. The number of rotatable bonds is 9. The predicted molar refractivity (Wildman–Crippen MR) is 105 cm³/mol. The van der Waals surface area contributed by atoms with Crippen LogP contribution in [-0.2, 0) is 14.3 Å². The summed E-state index contributed by atoms with van der Waals surface area (Å²) in [6.07, 6.45) is 1.51. The van der Waals surface area contributed by atoms with Gasteiger partial charge in [-0.05, 0) is 48.9 Å². The number of benzene rings is 2. The molecule has 0 saturated carbocycles. The number of nitrogens with one attached hydrogen (secondary N) is 2. The molecular formula is C20H21N3O6. The van der Waals surface area contributed by atoms with Crippen LogP contribution < -0.4 is 25.0 Å². The van der Waals surface area contributed by atoms with E-state index >= 15 is 0 Å². The second kappa shape index (κ2) is 9.98. The average molecular weight is 399 g/mol. The maximum Gasteiger partial charge on any atom is 0.344 e. The molecule has 29 heavy (non-hydrogen) atoms. The molecule has 1 aliphatic rings. The van der Waals surface area contributed by atoms with Crippen LogP contribution in [0.15, 0.2) is 47.6 Å². The fraction of sp³-hybridized carbons (Fsp3) is 0.250. The quantitative estimate of drug-likeness (QED) is 0.377. The number of ether oxygens (including phenoxy) is 4. The Morgan fingerprint density at radius 3 is 2.72 bits per heavy atom. The fourth-order valence-electron chi connectivity index (χ4n) is 2.40. The molecule has 1 aliphatic heterocycles. The van der Waals surface area contributed by atoms with Gasteiger partial charge in [0.15, 0.2) is 18.1 Å². The SMILES string of the molecule is CCOC(=O)COc1ccc(/C=N/NC(=O)CNc2ccc3c(c2)OCO3)cc1. The highest BCUT2D eigenvalue weighted by Gasteiger charge is 2.13. The van der Waals surface area contributed by atoms with Crippen molar-refractivity contribution >= 4 is 23.8 Å². The number of hydrogen-bond acceptors (Lipinski definition) is 8. The monoisotopic (exact) mass is 399 g/mol. The van der Waals surface area contributed by atoms with E-state index in [1.54, 1.807) is 49.4 Å². The molecule has 0 unspecified atom stereocenters. The van der Waals surface area contributed by atoms with Crippen molar-refractivity contribution in [2.24, 2.45) is 5.10 Å². The van der Waals surface area contributed by atoms with Crippen LogP contribution in [0.4, 0.5) is 5.69 Å². The first-order valence-electron chi connectivity index (χ1n) is 8.98. The van der Waals surface area contributed by atoms with Crippen LogP contribution >= 0.6 is 0 Å². The van der Waals surface area contributed by atoms with E-state index in [0.29, 0.717) is 23.9 Å². The number of hydrogen-bond donors (Lipinski definition) is 2. The van der Waals surface area contributed by atoms with Gasteiger partial charge in [0.2, 0.25) is 6.79 Å². The Bertz CT molecular complexity index is 882. The minimum atomic E-state index is -0.421. The third-order valence-electron chi connectivity index (χ3n) is 3.77. The average Bonchev–Trinajstić information content (AvgIpc) is 3.20. The van der Waals surface area contributed by atoms with E-state index in [1.807, 2.05) is 0 Å². The Labute approximate surface area is 167 Å². The molecule has 2 aromatic rings. The van der Waals surface area contributed by atoms with Crippen molar-refractivity contribution in [1.82, 2.24) is 5.43 Å². The summed E-state index contributed by atoms with van der Waals surface area (Å²) in [4.78, 5) is 23.1. The van der Waals surface area contributed by atoms with Crippen molar-refractivity contribution in [3.8, 4) is 17.2 Å². The molecule has 0 fully saturated rings. The summed E-state index contributed by atoms with van der Waals surface area (Å²) in [5.74, 6) is 1.14. The minimum Gasteiger partial charge on any atom is -0.482 e. The molecule has 152 valence electrons. The van der Waals surface area contributed by atoms with E-state index in [9.17, 15) is 9.59 Å². The summed E-state index contributed by atoms with van der Waals surface area (Å²) >= 11 is 0. The van der Waals surface area contributed by atoms with Gasteiger partial charge >= 0.3 is 5.97 Å². The summed E-state index contributed by atoms with van der Waals surface area (Å²) < 4.78 is 20.6. The molecule has 0 radical (unpaired) electrons. The number of nitrogens with zero attached hydrogens (tertiary/aromatic N) is 1. The Kier molecular flexibility index (Phi) is 6.88. The molecule has 0 atom stereocenters. The first-order valence-corrected chi connectivity index (χ1v) is 8.98. The second-order valence-corrected chi connectivity index (χ2v) is 5.88. The van der Waals surface area contributed by atoms with Crippen molar-refractivity contribution in [1.29, 1.82) is 0 Å². The Morgan fingerprint density at radius 1 is 1.14 bits per heavy atom. The van der Waals surface area contributed by atoms with Crippen molar-refractivity contribution in [3.05, 3.63) is 48.0 Å². The van der Waals surface area contributed by atoms with Gasteiger partial charge in [-0.25, -0.2) is 10.2 Å². The van der Waals surface area contributed by atoms with Gasteiger partial charge in [-0.2, -0.15) is 5.10 Å². The third kappa shape index (κ3) is 6.13. The molecule has 1 amide bonds. The number of carbonyl (C=O) groups is 2. The molecule has 9 heteroatoms. The highest BCUT2D eigenvalue weighted by atomic mass is 16.7. The smallest absolute Gasteiger partial charge is 0.344 e. The summed E-state index contributed by atoms with van der Waals surface area (Å²) in [5, 5.41) is 6.90. The van der Waals surface area contributed by atoms with Crippen LogP contribution in [-0.4, -0.2) is 44.6 Å². The standard InChI is InChI=1S/C20H21N3O6/c1-2-26-20(25)12-27-16-6-3-14(4-7-16)10-22-23-19(24)11-21-15-5-8-17-18(9-15)29-13-28-17/h3-10,21H,2,11-13H2,1H3,(H,23,24)/b22-10+. The zero-order chi connectivity index (χ0) is 20.5. The van der Waals surface area contributed by atoms with E-state index in [0.717, 1.165) is 11.3 Å². The van der Waals surface area contributed by atoms with Crippen LogP contribution in [0.25, 0.3) is 0 Å². The highest BCUT2D eigenvalue weighted by molar-refractivity contribution is 5.84. The van der Waals surface area contributed by atoms with E-state index in [1.165, 1.54) is 6.21 Å². The fourth-order valence-corrected chi connectivity index (χ4v) is 2.40. The summed E-state index contributed by atoms with van der Waals surface area (Å²) in [5.41, 5.74) is 3.95. The molecule has 2 aromatic carbocycles. The number of hydrazone groups is 1. The molecule has 0 bridgehead atoms. The van der Waals surface area contributed by atoms with E-state index in [2.05, 4.69) is 15.8 Å². The predicted octanol–water partition coefficient (Wildman–Crippen LogP) is 1.92. The number of anilines is 1. The maximum atomic E-state index is 11.9. The number of esters is 1. The Morgan fingerprint density at radius 2 is 1.93 bits per heavy atom. The van der Waals surface area contributed by atoms with Crippen molar-refractivity contribution in [2.45, 2.75) is 6.92 Å². The van der Waals surface area contributed by atoms with Crippen molar-refractivity contribution < 1.29 is 28.5 Å². The molecule has 3 rings (SSSR count). The molecule has 9 nitrogen and oxygen atoms in total. The highest BCUT2D eigenvalue weighted by Crippen LogP contribution is 2.34. The lowest BCUT2D eigenvalue weighted by atomic mass is 10.2. The van der Waals surface area contributed by atoms with Gasteiger partial charge in [0.1, 0.15) is 5.75 Å². The third-order valence-corrected chi connectivity index (χ3v) is 3.77. The molecule has 0 aromatic heterocycles. The van der Waals surface area contributed by atoms with Gasteiger partial charge in [0.25, 0.3) is 5.91 Å². The van der Waals surface area contributed by atoms with Crippen molar-refractivity contribution in [3.63, 3.8) is 0 Å². The topological polar surface area (TPSA) is 107 Å². The lowest BCUT2D eigenvalue weighted by Crippen LogP contribution is -2.25. The molecule has 2 N–H and O–H groups in total. The molecule has 0 aliphatic carbocycles. The zero-order valence-corrected chi connectivity index (χ0v) is 15.8. The van der Waals surface area contributed by atoms with Gasteiger partial charge in [-0.3, -0.25) is 4.79 Å². The molecular weight excluding hydrogens is 378 g/mol. The van der Waals surface area contributed by atoms with Crippen LogP contribution in [0, 0.1) is 0 Å². The van der Waals surface area contributed by atoms with Gasteiger partial charge < -0.3 is 24.3 Å². The van der Waals surface area contributed by atoms with Crippen LogP contribution in [0.2, 0.25) is 0 Å². The molecule has 0 spiro atoms. The second-order valence-electron chi connectivity index (χ2n) is 5.88. The summed E-state index contributed by atoms with van der Waals surface area (Å²) in [6, 6.07) is 12.2. The first-order chi connectivity index (χ1) is 14.1. The number of fused-ring (bicyclic) bond motifs is 1. The zero-order valence-electron chi connectivity index (χ0n) is 15.8. The van der Waals surface area contributed by atoms with Gasteiger partial charge in [-0.15, -0.1) is 0 Å². The van der Waals surface area contributed by atoms with Gasteiger partial charge in [0, 0.05) is 11.8 Å². The van der Waals surface area contributed by atoms with Crippen LogP contribution in [0.3, 0.4) is 0 Å². The first kappa shape index (κ1) is 20.0. The van der Waals surface area contributed by atoms with E-state index in [-0.39, 0.29) is 25.9 Å². The minimum absolute atomic E-state index is 0.0532. The number of carbonyl (C=O) groups excluding carboxylic acids is 2. The lowest BCUT2D eigenvalue weighted by molar-refractivity contribution is -0.145. The van der Waals surface area contributed by atoms with Gasteiger partial charge in [0.05, 0.1) is 19.4 Å². The normalized spacial score (nSPS) is 11.9. The van der Waals surface area contributed by atoms with E-state index < -0.39 is 5.97 Å². The molecule has 0 saturated heterocycles. The lowest BCUT2D eigenvalue weighted by Gasteiger charge is -2.06. The number of amides is 1. The Hall–Kier alpha value is -3.75. The Balaban J connectivity index is 1.40. The largest absolute Gasteiger partial charge is 0.482 e. The maximum absolute atomic E-state index is 11.9. The van der Waals surface area contributed by atoms with Crippen LogP contribution in [0.5, 0.6) is 17.2 Å². The van der Waals surface area contributed by atoms with Crippen molar-refractivity contribution in [2.75, 3.05) is 31.9 Å². The molecule has 1 heterocycles. The van der Waals surface area contributed by atoms with E-state index in [4.69, 9.17) is 18.9 Å². The summed E-state index contributed by atoms with van der Waals surface area (Å²) in [6.45, 7) is 2.16. The van der Waals surface area contributed by atoms with Gasteiger partial charge in [-0.1, -0.05) is 0 Å². The van der Waals surface area contributed by atoms with Crippen LogP contribution in [0.1, 0.15) is 12.5 Å².